The molecule has 0 fully saturated rings. The van der Waals surface area contributed by atoms with Gasteiger partial charge in [0.2, 0.25) is 0 Å². The predicted octanol–water partition coefficient (Wildman–Crippen LogP) is 5.75. The van der Waals surface area contributed by atoms with Crippen LogP contribution in [0.25, 0.3) is 28.2 Å². The molecule has 6 heteroatoms. The summed E-state index contributed by atoms with van der Waals surface area (Å²) in [6.45, 7) is 0. The van der Waals surface area contributed by atoms with Crippen LogP contribution >= 0.6 is 0 Å². The molecule has 4 rings (SSSR count). The smallest absolute Gasteiger partial charge is 0.378 e. The van der Waals surface area contributed by atoms with Gasteiger partial charge in [-0.25, -0.2) is 4.98 Å². The van der Waals surface area contributed by atoms with Crippen molar-refractivity contribution in [1.82, 2.24) is 9.38 Å². The van der Waals surface area contributed by atoms with Gasteiger partial charge in [-0.05, 0) is 36.4 Å². The molecule has 28 heavy (non-hydrogen) atoms. The molecule has 142 valence electrons. The van der Waals surface area contributed by atoms with Gasteiger partial charge >= 0.3 is 6.18 Å². The molecule has 3 nitrogen and oxygen atoms in total. The number of imidazole rings is 1. The van der Waals surface area contributed by atoms with Gasteiger partial charge in [-0.15, -0.1) is 0 Å². The molecule has 0 atom stereocenters. The van der Waals surface area contributed by atoms with E-state index in [4.69, 9.17) is 4.98 Å². The highest BCUT2D eigenvalue weighted by molar-refractivity contribution is 5.82. The summed E-state index contributed by atoms with van der Waals surface area (Å²) in [5, 5.41) is 0. The summed E-state index contributed by atoms with van der Waals surface area (Å²) < 4.78 is 40.5. The number of pyridine rings is 1. The largest absolute Gasteiger partial charge is 0.416 e. The predicted molar refractivity (Wildman–Crippen MR) is 105 cm³/mol. The molecule has 0 saturated heterocycles. The summed E-state index contributed by atoms with van der Waals surface area (Å²) in [6.07, 6.45) is -2.49. The van der Waals surface area contributed by atoms with Crippen molar-refractivity contribution in [1.29, 1.82) is 0 Å². The summed E-state index contributed by atoms with van der Waals surface area (Å²) in [7, 11) is 3.95. The average Bonchev–Trinajstić information content (AvgIpc) is 3.07. The number of alkyl halides is 3. The third-order valence-electron chi connectivity index (χ3n) is 4.68. The Hall–Kier alpha value is -3.28. The molecular formula is C22H18F3N3. The lowest BCUT2D eigenvalue weighted by Gasteiger charge is -2.12. The number of fused-ring (bicyclic) bond motifs is 1. The molecule has 0 N–H and O–H groups in total. The first-order valence-electron chi connectivity index (χ1n) is 8.77. The van der Waals surface area contributed by atoms with E-state index in [1.807, 2.05) is 72.1 Å². The van der Waals surface area contributed by atoms with Gasteiger partial charge in [-0.3, -0.25) is 4.40 Å². The summed E-state index contributed by atoms with van der Waals surface area (Å²) in [5.74, 6) is 0.607. The number of hydrogen-bond acceptors (Lipinski definition) is 2. The third-order valence-corrected chi connectivity index (χ3v) is 4.68. The van der Waals surface area contributed by atoms with E-state index in [1.165, 1.54) is 12.1 Å². The Morgan fingerprint density at radius 3 is 2.07 bits per heavy atom. The molecule has 0 amide bonds. The minimum absolute atomic E-state index is 0.607. The van der Waals surface area contributed by atoms with Gasteiger partial charge in [-0.2, -0.15) is 13.2 Å². The quantitative estimate of drug-likeness (QED) is 0.450. The molecule has 0 bridgehead atoms. The Kier molecular flexibility index (Phi) is 4.34. The molecule has 0 aliphatic rings. The van der Waals surface area contributed by atoms with Crippen LogP contribution in [0, 0.1) is 0 Å². The maximum atomic E-state index is 12.9. The second-order valence-corrected chi connectivity index (χ2v) is 6.76. The minimum atomic E-state index is -4.35. The molecule has 0 spiro atoms. The molecule has 4 aromatic rings. The monoisotopic (exact) mass is 381 g/mol. The molecule has 0 unspecified atom stereocenters. The number of benzene rings is 2. The molecule has 2 heterocycles. The van der Waals surface area contributed by atoms with E-state index >= 15 is 0 Å². The van der Waals surface area contributed by atoms with E-state index in [0.29, 0.717) is 11.4 Å². The Morgan fingerprint density at radius 2 is 1.46 bits per heavy atom. The van der Waals surface area contributed by atoms with Crippen LogP contribution in [0.3, 0.4) is 0 Å². The first-order chi connectivity index (χ1) is 13.3. The molecule has 0 aliphatic carbocycles. The highest BCUT2D eigenvalue weighted by atomic mass is 19.4. The normalized spacial score (nSPS) is 11.8. The van der Waals surface area contributed by atoms with Gasteiger partial charge in [0.1, 0.15) is 5.82 Å². The zero-order valence-corrected chi connectivity index (χ0v) is 15.4. The van der Waals surface area contributed by atoms with Crippen LogP contribution in [0.5, 0.6) is 0 Å². The lowest BCUT2D eigenvalue weighted by molar-refractivity contribution is -0.137. The molecule has 0 aliphatic heterocycles. The van der Waals surface area contributed by atoms with Crippen molar-refractivity contribution in [2.24, 2.45) is 0 Å². The third kappa shape index (κ3) is 3.22. The number of hydrogen-bond donors (Lipinski definition) is 0. The zero-order chi connectivity index (χ0) is 19.9. The van der Waals surface area contributed by atoms with Crippen LogP contribution in [-0.4, -0.2) is 23.5 Å². The van der Waals surface area contributed by atoms with Gasteiger partial charge in [0.15, 0.2) is 0 Å². The van der Waals surface area contributed by atoms with Crippen molar-refractivity contribution in [3.8, 4) is 22.6 Å². The van der Waals surface area contributed by atoms with Crippen LogP contribution in [0.1, 0.15) is 5.56 Å². The van der Waals surface area contributed by atoms with Crippen molar-refractivity contribution in [2.75, 3.05) is 19.0 Å². The van der Waals surface area contributed by atoms with Gasteiger partial charge in [0.25, 0.3) is 0 Å². The average molecular weight is 381 g/mol. The second-order valence-electron chi connectivity index (χ2n) is 6.76. The Morgan fingerprint density at radius 1 is 0.821 bits per heavy atom. The fourth-order valence-electron chi connectivity index (χ4n) is 3.18. The van der Waals surface area contributed by atoms with E-state index < -0.39 is 11.7 Å². The molecule has 2 aromatic carbocycles. The van der Waals surface area contributed by atoms with Crippen LogP contribution in [0.4, 0.5) is 18.9 Å². The summed E-state index contributed by atoms with van der Waals surface area (Å²) >= 11 is 0. The lowest BCUT2D eigenvalue weighted by atomic mass is 10.1. The minimum Gasteiger partial charge on any atom is -0.378 e. The maximum Gasteiger partial charge on any atom is 0.416 e. The van der Waals surface area contributed by atoms with Crippen molar-refractivity contribution in [3.63, 3.8) is 0 Å². The lowest BCUT2D eigenvalue weighted by Crippen LogP contribution is -2.07. The Bertz CT molecular complexity index is 1110. The fourth-order valence-corrected chi connectivity index (χ4v) is 3.18. The number of halogens is 3. The Balaban J connectivity index is 1.83. The number of anilines is 1. The zero-order valence-electron chi connectivity index (χ0n) is 15.4. The molecule has 0 saturated carbocycles. The van der Waals surface area contributed by atoms with Crippen LogP contribution in [0.15, 0.2) is 72.9 Å². The maximum absolute atomic E-state index is 12.9. The van der Waals surface area contributed by atoms with E-state index in [1.54, 1.807) is 0 Å². The van der Waals surface area contributed by atoms with E-state index in [0.717, 1.165) is 34.6 Å². The second kappa shape index (κ2) is 6.71. The van der Waals surface area contributed by atoms with Gasteiger partial charge < -0.3 is 4.90 Å². The first-order valence-corrected chi connectivity index (χ1v) is 8.77. The summed E-state index contributed by atoms with van der Waals surface area (Å²) in [4.78, 5) is 6.78. The van der Waals surface area contributed by atoms with Crippen molar-refractivity contribution < 1.29 is 13.2 Å². The SMILES string of the molecule is CN(C)c1ccc(-c2nc(-c3ccc(C(F)(F)F)cc3)n3ccccc23)cc1. The van der Waals surface area contributed by atoms with E-state index in [-0.39, 0.29) is 0 Å². The van der Waals surface area contributed by atoms with Crippen molar-refractivity contribution in [3.05, 3.63) is 78.5 Å². The van der Waals surface area contributed by atoms with Crippen molar-refractivity contribution in [2.45, 2.75) is 6.18 Å². The summed E-state index contributed by atoms with van der Waals surface area (Å²) in [6, 6.07) is 18.9. The van der Waals surface area contributed by atoms with Gasteiger partial charge in [0.05, 0.1) is 16.8 Å². The van der Waals surface area contributed by atoms with Crippen LogP contribution < -0.4 is 4.90 Å². The van der Waals surface area contributed by atoms with E-state index in [9.17, 15) is 13.2 Å². The number of rotatable bonds is 3. The highest BCUT2D eigenvalue weighted by Gasteiger charge is 2.30. The Labute approximate surface area is 160 Å². The van der Waals surface area contributed by atoms with Gasteiger partial charge in [-0.1, -0.05) is 30.3 Å². The fraction of sp³-hybridized carbons (Fsp3) is 0.136. The number of aromatic nitrogens is 2. The molecule has 2 aromatic heterocycles. The van der Waals surface area contributed by atoms with E-state index in [2.05, 4.69) is 0 Å². The molecular weight excluding hydrogens is 363 g/mol. The molecule has 0 radical (unpaired) electrons. The number of nitrogens with zero attached hydrogens (tertiary/aromatic N) is 3. The van der Waals surface area contributed by atoms with Gasteiger partial charge in [0, 0.05) is 37.1 Å². The first kappa shape index (κ1) is 18.1. The van der Waals surface area contributed by atoms with Crippen LogP contribution in [-0.2, 0) is 6.18 Å². The van der Waals surface area contributed by atoms with Crippen LogP contribution in [0.2, 0.25) is 0 Å². The standard InChI is InChI=1S/C22H18F3N3/c1-27(2)18-12-8-15(9-13-18)20-19-5-3-4-14-28(19)21(26-20)16-6-10-17(11-7-16)22(23,24)25/h3-14H,1-2H3. The summed E-state index contributed by atoms with van der Waals surface area (Å²) in [5.41, 5.74) is 3.68. The topological polar surface area (TPSA) is 20.5 Å². The van der Waals surface area contributed by atoms with Crippen molar-refractivity contribution >= 4 is 11.2 Å². The highest BCUT2D eigenvalue weighted by Crippen LogP contribution is 2.33.